The summed E-state index contributed by atoms with van der Waals surface area (Å²) < 4.78 is 0. The van der Waals surface area contributed by atoms with Gasteiger partial charge < -0.3 is 0 Å². The van der Waals surface area contributed by atoms with E-state index in [0.717, 1.165) is 35.1 Å². The summed E-state index contributed by atoms with van der Waals surface area (Å²) in [6, 6.07) is 19.0. The molecule has 1 heterocycles. The molecule has 0 aliphatic heterocycles. The molecule has 3 aromatic rings. The maximum Gasteiger partial charge on any atom is 0.0432 e. The van der Waals surface area contributed by atoms with Crippen molar-refractivity contribution in [3.05, 3.63) is 100 Å². The molecule has 0 saturated heterocycles. The highest BCUT2D eigenvalue weighted by Crippen LogP contribution is 2.15. The summed E-state index contributed by atoms with van der Waals surface area (Å²) in [5.41, 5.74) is 6.83. The van der Waals surface area contributed by atoms with E-state index in [4.69, 9.17) is 0 Å². The molecule has 0 N–H and O–H groups in total. The van der Waals surface area contributed by atoms with Crippen LogP contribution in [0.25, 0.3) is 0 Å². The van der Waals surface area contributed by atoms with Gasteiger partial charge in [-0.15, -0.1) is 0 Å². The first-order valence-electron chi connectivity index (χ1n) is 11.9. The number of hydrogen-bond donors (Lipinski definition) is 0. The molecule has 0 aliphatic carbocycles. The normalized spacial score (nSPS) is 10.1. The molecular weight excluding hydrogens is 386 g/mol. The van der Waals surface area contributed by atoms with Crippen LogP contribution in [0.4, 0.5) is 0 Å². The van der Waals surface area contributed by atoms with Crippen molar-refractivity contribution in [2.24, 2.45) is 0 Å². The van der Waals surface area contributed by atoms with Crippen LogP contribution in [0.1, 0.15) is 85.8 Å². The van der Waals surface area contributed by atoms with Gasteiger partial charge in [-0.1, -0.05) is 75.3 Å². The predicted molar refractivity (Wildman–Crippen MR) is 136 cm³/mol. The van der Waals surface area contributed by atoms with Crippen molar-refractivity contribution in [1.29, 1.82) is 0 Å². The Hall–Kier alpha value is -3.29. The topological polar surface area (TPSA) is 12.9 Å². The molecule has 0 atom stereocenters. The Balaban J connectivity index is 1.76. The third kappa shape index (κ3) is 7.76. The smallest absolute Gasteiger partial charge is 0.0432 e. The van der Waals surface area contributed by atoms with Gasteiger partial charge in [0.05, 0.1) is 0 Å². The van der Waals surface area contributed by atoms with Crippen molar-refractivity contribution in [2.75, 3.05) is 0 Å². The fourth-order valence-electron chi connectivity index (χ4n) is 3.62. The molecule has 0 amide bonds. The monoisotopic (exact) mass is 419 g/mol. The quantitative estimate of drug-likeness (QED) is 0.275. The van der Waals surface area contributed by atoms with Crippen molar-refractivity contribution in [2.45, 2.75) is 65.2 Å². The van der Waals surface area contributed by atoms with Crippen molar-refractivity contribution in [3.8, 4) is 23.7 Å². The van der Waals surface area contributed by atoms with Crippen molar-refractivity contribution < 1.29 is 0 Å². The fraction of sp³-hybridized carbons (Fsp3) is 0.323. The van der Waals surface area contributed by atoms with E-state index >= 15 is 0 Å². The van der Waals surface area contributed by atoms with Crippen LogP contribution in [-0.4, -0.2) is 4.98 Å². The lowest BCUT2D eigenvalue weighted by Gasteiger charge is -2.05. The largest absolute Gasteiger partial charge is 0.263 e. The van der Waals surface area contributed by atoms with Gasteiger partial charge in [-0.3, -0.25) is 4.98 Å². The van der Waals surface area contributed by atoms with E-state index in [2.05, 4.69) is 85.0 Å². The van der Waals surface area contributed by atoms with E-state index in [1.54, 1.807) is 12.4 Å². The van der Waals surface area contributed by atoms with Gasteiger partial charge in [-0.05, 0) is 79.3 Å². The minimum absolute atomic E-state index is 0.939. The number of aryl methyl sites for hydroxylation is 2. The van der Waals surface area contributed by atoms with Crippen LogP contribution in [0.2, 0.25) is 0 Å². The van der Waals surface area contributed by atoms with Gasteiger partial charge in [0.1, 0.15) is 0 Å². The zero-order chi connectivity index (χ0) is 22.4. The van der Waals surface area contributed by atoms with E-state index in [1.807, 2.05) is 12.1 Å². The summed E-state index contributed by atoms with van der Waals surface area (Å²) in [6.45, 7) is 4.48. The van der Waals surface area contributed by atoms with Gasteiger partial charge in [-0.25, -0.2) is 0 Å². The SMILES string of the molecule is CCCCCc1ccc(C#Cc2ccc(C#Cc3cccnc3)c(CCCCC)c2)cc1. The summed E-state index contributed by atoms with van der Waals surface area (Å²) in [4.78, 5) is 4.15. The van der Waals surface area contributed by atoms with E-state index in [-0.39, 0.29) is 0 Å². The third-order valence-electron chi connectivity index (χ3n) is 5.53. The minimum atomic E-state index is 0.939. The van der Waals surface area contributed by atoms with Gasteiger partial charge >= 0.3 is 0 Å². The Morgan fingerprint density at radius 3 is 2.06 bits per heavy atom. The molecule has 0 aliphatic rings. The van der Waals surface area contributed by atoms with E-state index < -0.39 is 0 Å². The maximum absolute atomic E-state index is 4.15. The molecule has 3 rings (SSSR count). The number of benzene rings is 2. The summed E-state index contributed by atoms with van der Waals surface area (Å²) >= 11 is 0. The van der Waals surface area contributed by atoms with Crippen LogP contribution in [0.5, 0.6) is 0 Å². The predicted octanol–water partition coefficient (Wildman–Crippen LogP) is 7.35. The Bertz CT molecular complexity index is 1090. The van der Waals surface area contributed by atoms with Gasteiger partial charge in [0, 0.05) is 34.6 Å². The molecule has 0 unspecified atom stereocenters. The molecule has 1 nitrogen and oxygen atoms in total. The molecule has 0 fully saturated rings. The van der Waals surface area contributed by atoms with Crippen LogP contribution in [-0.2, 0) is 12.8 Å². The van der Waals surface area contributed by atoms with Crippen LogP contribution >= 0.6 is 0 Å². The molecule has 32 heavy (non-hydrogen) atoms. The number of pyridine rings is 1. The Labute approximate surface area is 194 Å². The lowest BCUT2D eigenvalue weighted by Crippen LogP contribution is -1.93. The average Bonchev–Trinajstić information content (AvgIpc) is 2.84. The number of unbranched alkanes of at least 4 members (excludes halogenated alkanes) is 4. The minimum Gasteiger partial charge on any atom is -0.263 e. The number of nitrogens with zero attached hydrogens (tertiary/aromatic N) is 1. The molecule has 0 radical (unpaired) electrons. The molecular formula is C31H33N. The van der Waals surface area contributed by atoms with E-state index in [9.17, 15) is 0 Å². The Morgan fingerprint density at radius 1 is 0.656 bits per heavy atom. The second kappa shape index (κ2) is 13.2. The molecule has 2 aromatic carbocycles. The molecule has 162 valence electrons. The maximum atomic E-state index is 4.15. The molecule has 0 spiro atoms. The molecule has 1 aromatic heterocycles. The van der Waals surface area contributed by atoms with Gasteiger partial charge in [0.25, 0.3) is 0 Å². The number of hydrogen-bond acceptors (Lipinski definition) is 1. The van der Waals surface area contributed by atoms with Gasteiger partial charge in [-0.2, -0.15) is 0 Å². The zero-order valence-corrected chi connectivity index (χ0v) is 19.5. The second-order valence-corrected chi connectivity index (χ2v) is 8.22. The summed E-state index contributed by atoms with van der Waals surface area (Å²) in [5, 5.41) is 0. The number of rotatable bonds is 8. The fourth-order valence-corrected chi connectivity index (χ4v) is 3.62. The highest BCUT2D eigenvalue weighted by molar-refractivity contribution is 5.51. The van der Waals surface area contributed by atoms with Crippen LogP contribution in [0.15, 0.2) is 67.0 Å². The summed E-state index contributed by atoms with van der Waals surface area (Å²) in [6.07, 6.45) is 13.2. The van der Waals surface area contributed by atoms with Crippen molar-refractivity contribution >= 4 is 0 Å². The summed E-state index contributed by atoms with van der Waals surface area (Å²) in [5.74, 6) is 13.3. The first-order chi connectivity index (χ1) is 15.8. The lowest BCUT2D eigenvalue weighted by molar-refractivity contribution is 0.716. The molecule has 1 heteroatoms. The van der Waals surface area contributed by atoms with Crippen molar-refractivity contribution in [3.63, 3.8) is 0 Å². The van der Waals surface area contributed by atoms with E-state index in [0.29, 0.717) is 0 Å². The molecule has 0 saturated carbocycles. The first kappa shape index (κ1) is 23.4. The Kier molecular flexibility index (Phi) is 9.64. The standard InChI is InChI=1S/C31H33N/c1-3-5-7-10-26-13-15-27(16-14-26)17-18-28-19-21-30(31(24-28)12-8-6-4-2)22-20-29-11-9-23-32-25-29/h9,11,13-16,19,21,23-25H,3-8,10,12H2,1-2H3. The summed E-state index contributed by atoms with van der Waals surface area (Å²) in [7, 11) is 0. The Morgan fingerprint density at radius 2 is 1.34 bits per heavy atom. The van der Waals surface area contributed by atoms with Crippen LogP contribution in [0.3, 0.4) is 0 Å². The highest BCUT2D eigenvalue weighted by Gasteiger charge is 2.02. The highest BCUT2D eigenvalue weighted by atomic mass is 14.6. The van der Waals surface area contributed by atoms with Crippen LogP contribution in [0, 0.1) is 23.7 Å². The second-order valence-electron chi connectivity index (χ2n) is 8.22. The van der Waals surface area contributed by atoms with Crippen LogP contribution < -0.4 is 0 Å². The average molecular weight is 420 g/mol. The third-order valence-corrected chi connectivity index (χ3v) is 5.53. The van der Waals surface area contributed by atoms with E-state index in [1.165, 1.54) is 49.7 Å². The lowest BCUT2D eigenvalue weighted by atomic mass is 9.98. The zero-order valence-electron chi connectivity index (χ0n) is 19.5. The first-order valence-corrected chi connectivity index (χ1v) is 11.9. The molecule has 0 bridgehead atoms. The van der Waals surface area contributed by atoms with Gasteiger partial charge in [0.2, 0.25) is 0 Å². The van der Waals surface area contributed by atoms with Crippen molar-refractivity contribution in [1.82, 2.24) is 4.98 Å². The van der Waals surface area contributed by atoms with Gasteiger partial charge in [0.15, 0.2) is 0 Å². The number of aromatic nitrogens is 1.